The zero-order valence-corrected chi connectivity index (χ0v) is 16.1. The summed E-state index contributed by atoms with van der Waals surface area (Å²) in [5.41, 5.74) is 1.23. The zero-order chi connectivity index (χ0) is 19.0. The van der Waals surface area contributed by atoms with Crippen LogP contribution in [0.5, 0.6) is 0 Å². The molecule has 1 aliphatic heterocycles. The van der Waals surface area contributed by atoms with E-state index in [9.17, 15) is 9.59 Å². The molecule has 0 atom stereocenters. The maximum Gasteiger partial charge on any atom is 0.407 e. The maximum atomic E-state index is 12.2. The lowest BCUT2D eigenvalue weighted by Crippen LogP contribution is -2.33. The van der Waals surface area contributed by atoms with Crippen LogP contribution in [0, 0.1) is 0 Å². The van der Waals surface area contributed by atoms with E-state index in [1.807, 2.05) is 45.0 Å². The Hall–Kier alpha value is -2.08. The van der Waals surface area contributed by atoms with Gasteiger partial charge in [-0.3, -0.25) is 4.79 Å². The highest BCUT2D eigenvalue weighted by Crippen LogP contribution is 2.08. The molecule has 0 unspecified atom stereocenters. The maximum absolute atomic E-state index is 12.2. The topological polar surface area (TPSA) is 70.7 Å². The summed E-state index contributed by atoms with van der Waals surface area (Å²) in [7, 11) is 0. The number of rotatable bonds is 7. The summed E-state index contributed by atoms with van der Waals surface area (Å²) in [6.45, 7) is 9.88. The second-order valence-electron chi connectivity index (χ2n) is 7.68. The number of amides is 2. The Morgan fingerprint density at radius 1 is 1.04 bits per heavy atom. The van der Waals surface area contributed by atoms with Gasteiger partial charge in [0.05, 0.1) is 0 Å². The van der Waals surface area contributed by atoms with Gasteiger partial charge in [-0.2, -0.15) is 0 Å². The Kier molecular flexibility index (Phi) is 7.45. The van der Waals surface area contributed by atoms with Crippen molar-refractivity contribution in [1.82, 2.24) is 15.5 Å². The molecule has 1 aromatic rings. The van der Waals surface area contributed by atoms with Crippen molar-refractivity contribution in [3.63, 3.8) is 0 Å². The molecule has 6 heteroatoms. The van der Waals surface area contributed by atoms with E-state index in [1.165, 1.54) is 12.8 Å². The fourth-order valence-corrected chi connectivity index (χ4v) is 2.88. The lowest BCUT2D eigenvalue weighted by molar-refractivity contribution is 0.0528. The minimum atomic E-state index is -0.492. The van der Waals surface area contributed by atoms with Crippen LogP contribution in [-0.2, 0) is 11.2 Å². The second-order valence-corrected chi connectivity index (χ2v) is 7.68. The number of alkyl carbamates (subject to hydrolysis) is 1. The fraction of sp³-hybridized carbons (Fsp3) is 0.600. The fourth-order valence-electron chi connectivity index (χ4n) is 2.88. The number of benzene rings is 1. The molecule has 0 saturated carbocycles. The van der Waals surface area contributed by atoms with E-state index in [2.05, 4.69) is 15.5 Å². The zero-order valence-electron chi connectivity index (χ0n) is 16.1. The third-order valence-corrected chi connectivity index (χ3v) is 4.21. The first kappa shape index (κ1) is 20.2. The third kappa shape index (κ3) is 7.44. The molecule has 1 saturated heterocycles. The molecule has 0 aliphatic carbocycles. The quantitative estimate of drug-likeness (QED) is 0.783. The highest BCUT2D eigenvalue weighted by atomic mass is 16.6. The second kappa shape index (κ2) is 9.57. The first-order chi connectivity index (χ1) is 12.3. The average molecular weight is 361 g/mol. The number of likely N-dealkylation sites (tertiary alicyclic amines) is 1. The average Bonchev–Trinajstić information content (AvgIpc) is 3.07. The lowest BCUT2D eigenvalue weighted by Gasteiger charge is -2.19. The molecule has 0 aromatic heterocycles. The van der Waals surface area contributed by atoms with Crippen LogP contribution in [0.15, 0.2) is 24.3 Å². The Balaban J connectivity index is 1.68. The van der Waals surface area contributed by atoms with Gasteiger partial charge in [-0.1, -0.05) is 12.1 Å². The predicted molar refractivity (Wildman–Crippen MR) is 102 cm³/mol. The molecule has 2 amide bonds. The van der Waals surface area contributed by atoms with Gasteiger partial charge in [0.1, 0.15) is 5.60 Å². The molecule has 0 radical (unpaired) electrons. The van der Waals surface area contributed by atoms with Gasteiger partial charge in [0, 0.05) is 25.2 Å². The van der Waals surface area contributed by atoms with Crippen LogP contribution in [0.3, 0.4) is 0 Å². The van der Waals surface area contributed by atoms with Gasteiger partial charge in [-0.05, 0) is 70.8 Å². The van der Waals surface area contributed by atoms with Crippen LogP contribution in [0.4, 0.5) is 4.79 Å². The highest BCUT2D eigenvalue weighted by Gasteiger charge is 2.15. The Bertz CT molecular complexity index is 587. The number of carbonyl (C=O) groups excluding carboxylic acids is 2. The molecule has 0 bridgehead atoms. The number of nitrogens with zero attached hydrogens (tertiary/aromatic N) is 1. The van der Waals surface area contributed by atoms with E-state index in [0.29, 0.717) is 25.1 Å². The Morgan fingerprint density at radius 2 is 1.69 bits per heavy atom. The number of ether oxygens (including phenoxy) is 1. The van der Waals surface area contributed by atoms with Gasteiger partial charge < -0.3 is 20.3 Å². The van der Waals surface area contributed by atoms with Crippen LogP contribution in [0.2, 0.25) is 0 Å². The highest BCUT2D eigenvalue weighted by molar-refractivity contribution is 5.94. The van der Waals surface area contributed by atoms with Gasteiger partial charge in [0.25, 0.3) is 5.91 Å². The van der Waals surface area contributed by atoms with Crippen molar-refractivity contribution in [3.8, 4) is 0 Å². The van der Waals surface area contributed by atoms with Crippen molar-refractivity contribution in [1.29, 1.82) is 0 Å². The summed E-state index contributed by atoms with van der Waals surface area (Å²) in [6.07, 6.45) is 2.80. The minimum absolute atomic E-state index is 0.0392. The molecule has 1 aliphatic rings. The van der Waals surface area contributed by atoms with E-state index < -0.39 is 11.7 Å². The number of carbonyl (C=O) groups is 2. The summed E-state index contributed by atoms with van der Waals surface area (Å²) < 4.78 is 5.19. The van der Waals surface area contributed by atoms with Crippen LogP contribution in [0.25, 0.3) is 0 Å². The van der Waals surface area contributed by atoms with Crippen molar-refractivity contribution < 1.29 is 14.3 Å². The van der Waals surface area contributed by atoms with Crippen LogP contribution < -0.4 is 10.6 Å². The van der Waals surface area contributed by atoms with Crippen molar-refractivity contribution >= 4 is 12.0 Å². The molecule has 26 heavy (non-hydrogen) atoms. The molecule has 144 valence electrons. The third-order valence-electron chi connectivity index (χ3n) is 4.21. The van der Waals surface area contributed by atoms with Gasteiger partial charge in [-0.15, -0.1) is 0 Å². The van der Waals surface area contributed by atoms with E-state index in [0.717, 1.165) is 25.2 Å². The van der Waals surface area contributed by atoms with E-state index in [-0.39, 0.29) is 5.91 Å². The van der Waals surface area contributed by atoms with Gasteiger partial charge in [0.2, 0.25) is 0 Å². The van der Waals surface area contributed by atoms with E-state index >= 15 is 0 Å². The van der Waals surface area contributed by atoms with Crippen molar-refractivity contribution in [2.45, 2.75) is 45.6 Å². The molecule has 6 nitrogen and oxygen atoms in total. The van der Waals surface area contributed by atoms with Crippen LogP contribution in [-0.4, -0.2) is 55.2 Å². The van der Waals surface area contributed by atoms with Gasteiger partial charge in [-0.25, -0.2) is 4.79 Å². The normalized spacial score (nSPS) is 14.9. The summed E-state index contributed by atoms with van der Waals surface area (Å²) in [4.78, 5) is 26.1. The molecule has 1 aromatic carbocycles. The molecule has 1 fully saturated rings. The molecule has 2 rings (SSSR count). The Labute approximate surface area is 156 Å². The van der Waals surface area contributed by atoms with Gasteiger partial charge in [0.15, 0.2) is 0 Å². The van der Waals surface area contributed by atoms with Gasteiger partial charge >= 0.3 is 6.09 Å². The molecule has 1 heterocycles. The molecular weight excluding hydrogens is 330 g/mol. The van der Waals surface area contributed by atoms with E-state index in [1.54, 1.807) is 0 Å². The standard InChI is InChI=1S/C20H31N3O3/c1-20(2,3)26-19(25)22-11-10-16-6-8-17(9-7-16)18(24)21-12-15-23-13-4-5-14-23/h6-9H,4-5,10-15H2,1-3H3,(H,21,24)(H,22,25). The number of hydrogen-bond donors (Lipinski definition) is 2. The van der Waals surface area contributed by atoms with Crippen LogP contribution >= 0.6 is 0 Å². The van der Waals surface area contributed by atoms with Crippen molar-refractivity contribution in [2.24, 2.45) is 0 Å². The van der Waals surface area contributed by atoms with E-state index in [4.69, 9.17) is 4.74 Å². The summed E-state index contributed by atoms with van der Waals surface area (Å²) >= 11 is 0. The predicted octanol–water partition coefficient (Wildman–Crippen LogP) is 2.58. The first-order valence-electron chi connectivity index (χ1n) is 9.40. The smallest absolute Gasteiger partial charge is 0.407 e. The lowest BCUT2D eigenvalue weighted by atomic mass is 10.1. The SMILES string of the molecule is CC(C)(C)OC(=O)NCCc1ccc(C(=O)NCCN2CCCC2)cc1. The Morgan fingerprint density at radius 3 is 2.31 bits per heavy atom. The monoisotopic (exact) mass is 361 g/mol. The minimum Gasteiger partial charge on any atom is -0.444 e. The van der Waals surface area contributed by atoms with Crippen LogP contribution in [0.1, 0.15) is 49.5 Å². The summed E-state index contributed by atoms with van der Waals surface area (Å²) in [5, 5.41) is 5.71. The number of nitrogens with one attached hydrogen (secondary N) is 2. The van der Waals surface area contributed by atoms with Crippen molar-refractivity contribution in [2.75, 3.05) is 32.7 Å². The van der Waals surface area contributed by atoms with Crippen molar-refractivity contribution in [3.05, 3.63) is 35.4 Å². The first-order valence-corrected chi connectivity index (χ1v) is 9.40. The number of hydrogen-bond acceptors (Lipinski definition) is 4. The molecule has 0 spiro atoms. The summed E-state index contributed by atoms with van der Waals surface area (Å²) in [6, 6.07) is 7.50. The molecule has 2 N–H and O–H groups in total. The molecular formula is C20H31N3O3. The summed E-state index contributed by atoms with van der Waals surface area (Å²) in [5.74, 6) is -0.0392. The largest absolute Gasteiger partial charge is 0.444 e.